The van der Waals surface area contributed by atoms with Gasteiger partial charge in [0.05, 0.1) is 0 Å². The lowest BCUT2D eigenvalue weighted by atomic mass is 10.1. The van der Waals surface area contributed by atoms with Crippen molar-refractivity contribution >= 4 is 12.6 Å². The van der Waals surface area contributed by atoms with E-state index in [9.17, 15) is 0 Å². The minimum Gasteiger partial charge on any atom is -0.316 e. The highest BCUT2D eigenvalue weighted by atomic mass is 32.1. The summed E-state index contributed by atoms with van der Waals surface area (Å²) >= 11 is 4.36. The fraction of sp³-hybridized carbons (Fsp3) is 0.400. The Hall–Kier alpha value is -0.470. The number of thiol groups is 1. The van der Waals surface area contributed by atoms with Crippen LogP contribution in [0.5, 0.6) is 0 Å². The van der Waals surface area contributed by atoms with Crippen LogP contribution in [0.2, 0.25) is 0 Å². The van der Waals surface area contributed by atoms with Crippen LogP contribution in [-0.4, -0.2) is 7.05 Å². The van der Waals surface area contributed by atoms with Gasteiger partial charge in [-0.15, -0.1) is 0 Å². The quantitative estimate of drug-likeness (QED) is 0.682. The Labute approximate surface area is 79.6 Å². The van der Waals surface area contributed by atoms with Crippen molar-refractivity contribution in [1.82, 2.24) is 5.32 Å². The summed E-state index contributed by atoms with van der Waals surface area (Å²) in [5, 5.41) is 3.44. The van der Waals surface area contributed by atoms with Gasteiger partial charge < -0.3 is 5.32 Å². The second-order valence-corrected chi connectivity index (χ2v) is 3.72. The Bertz CT molecular complexity index is 228. The zero-order valence-corrected chi connectivity index (χ0v) is 8.44. The zero-order chi connectivity index (χ0) is 8.97. The van der Waals surface area contributed by atoms with Gasteiger partial charge in [-0.2, -0.15) is 12.6 Å². The van der Waals surface area contributed by atoms with Crippen LogP contribution in [0.1, 0.15) is 23.3 Å². The first-order chi connectivity index (χ1) is 5.74. The summed E-state index contributed by atoms with van der Waals surface area (Å²) < 4.78 is 0. The summed E-state index contributed by atoms with van der Waals surface area (Å²) in [6, 6.07) is 8.53. The molecule has 0 radical (unpaired) electrons. The number of hydrogen-bond donors (Lipinski definition) is 2. The predicted molar refractivity (Wildman–Crippen MR) is 56.6 cm³/mol. The third-order valence-electron chi connectivity index (χ3n) is 1.84. The standard InChI is InChI=1S/C10H15NS/c1-8(12)10-5-3-9(4-6-10)7-11-2/h3-6,8,11-12H,7H2,1-2H3. The van der Waals surface area contributed by atoms with Crippen molar-refractivity contribution in [2.45, 2.75) is 18.7 Å². The maximum atomic E-state index is 4.36. The molecule has 1 aromatic carbocycles. The molecule has 0 fully saturated rings. The molecule has 2 heteroatoms. The summed E-state index contributed by atoms with van der Waals surface area (Å²) in [6.45, 7) is 3.01. The molecule has 0 spiro atoms. The highest BCUT2D eigenvalue weighted by Gasteiger charge is 1.98. The molecular weight excluding hydrogens is 166 g/mol. The van der Waals surface area contributed by atoms with Gasteiger partial charge in [0.1, 0.15) is 0 Å². The van der Waals surface area contributed by atoms with E-state index in [1.165, 1.54) is 11.1 Å². The molecule has 0 amide bonds. The maximum Gasteiger partial charge on any atom is 0.0238 e. The fourth-order valence-corrected chi connectivity index (χ4v) is 1.29. The van der Waals surface area contributed by atoms with Crippen LogP contribution in [0, 0.1) is 0 Å². The molecule has 12 heavy (non-hydrogen) atoms. The van der Waals surface area contributed by atoms with E-state index >= 15 is 0 Å². The summed E-state index contributed by atoms with van der Waals surface area (Å²) in [5.74, 6) is 0. The molecule has 0 aliphatic carbocycles. The summed E-state index contributed by atoms with van der Waals surface area (Å²) in [4.78, 5) is 0. The van der Waals surface area contributed by atoms with Gasteiger partial charge in [0, 0.05) is 11.8 Å². The van der Waals surface area contributed by atoms with Crippen LogP contribution in [0.25, 0.3) is 0 Å². The van der Waals surface area contributed by atoms with E-state index < -0.39 is 0 Å². The zero-order valence-electron chi connectivity index (χ0n) is 7.54. The molecular formula is C10H15NS. The van der Waals surface area contributed by atoms with Gasteiger partial charge in [-0.25, -0.2) is 0 Å². The second kappa shape index (κ2) is 4.53. The van der Waals surface area contributed by atoms with Crippen molar-refractivity contribution in [1.29, 1.82) is 0 Å². The molecule has 1 aromatic rings. The molecule has 0 heterocycles. The first-order valence-electron chi connectivity index (χ1n) is 4.15. The number of benzene rings is 1. The Kier molecular flexibility index (Phi) is 3.63. The van der Waals surface area contributed by atoms with E-state index in [0.717, 1.165) is 6.54 Å². The van der Waals surface area contributed by atoms with Gasteiger partial charge in [-0.1, -0.05) is 24.3 Å². The van der Waals surface area contributed by atoms with Crippen LogP contribution >= 0.6 is 12.6 Å². The minimum absolute atomic E-state index is 0.327. The van der Waals surface area contributed by atoms with Crippen molar-refractivity contribution < 1.29 is 0 Å². The molecule has 0 aromatic heterocycles. The van der Waals surface area contributed by atoms with Gasteiger partial charge in [-0.3, -0.25) is 0 Å². The van der Waals surface area contributed by atoms with Crippen molar-refractivity contribution in [2.75, 3.05) is 7.05 Å². The smallest absolute Gasteiger partial charge is 0.0238 e. The molecule has 0 saturated carbocycles. The summed E-state index contributed by atoms with van der Waals surface area (Å²) in [5.41, 5.74) is 2.59. The average Bonchev–Trinajstić information content (AvgIpc) is 2.06. The van der Waals surface area contributed by atoms with Gasteiger partial charge in [-0.05, 0) is 25.1 Å². The number of rotatable bonds is 3. The van der Waals surface area contributed by atoms with E-state index in [0.29, 0.717) is 5.25 Å². The van der Waals surface area contributed by atoms with Gasteiger partial charge in [0.2, 0.25) is 0 Å². The fourth-order valence-electron chi connectivity index (χ4n) is 1.12. The maximum absolute atomic E-state index is 4.36. The lowest BCUT2D eigenvalue weighted by molar-refractivity contribution is 0.817. The molecule has 1 unspecified atom stereocenters. The molecule has 1 N–H and O–H groups in total. The Morgan fingerprint density at radius 1 is 1.33 bits per heavy atom. The lowest BCUT2D eigenvalue weighted by Gasteiger charge is -2.05. The third-order valence-corrected chi connectivity index (χ3v) is 2.14. The molecule has 0 bridgehead atoms. The van der Waals surface area contributed by atoms with Gasteiger partial charge in [0.25, 0.3) is 0 Å². The monoisotopic (exact) mass is 181 g/mol. The topological polar surface area (TPSA) is 12.0 Å². The van der Waals surface area contributed by atoms with Crippen LogP contribution in [0.4, 0.5) is 0 Å². The first-order valence-corrected chi connectivity index (χ1v) is 4.67. The predicted octanol–water partition coefficient (Wildman–Crippen LogP) is 2.40. The Morgan fingerprint density at radius 3 is 2.33 bits per heavy atom. The molecule has 1 nitrogen and oxygen atoms in total. The van der Waals surface area contributed by atoms with Crippen LogP contribution < -0.4 is 5.32 Å². The molecule has 66 valence electrons. The Balaban J connectivity index is 2.71. The highest BCUT2D eigenvalue weighted by Crippen LogP contribution is 2.18. The molecule has 1 atom stereocenters. The Morgan fingerprint density at radius 2 is 1.92 bits per heavy atom. The number of nitrogens with one attached hydrogen (secondary N) is 1. The van der Waals surface area contributed by atoms with Crippen LogP contribution in [-0.2, 0) is 6.54 Å². The van der Waals surface area contributed by atoms with Crippen molar-refractivity contribution in [3.05, 3.63) is 35.4 Å². The molecule has 0 aliphatic heterocycles. The SMILES string of the molecule is CNCc1ccc(C(C)S)cc1. The van der Waals surface area contributed by atoms with E-state index in [4.69, 9.17) is 0 Å². The average molecular weight is 181 g/mol. The second-order valence-electron chi connectivity index (χ2n) is 2.95. The summed E-state index contributed by atoms with van der Waals surface area (Å²) in [7, 11) is 1.95. The van der Waals surface area contributed by atoms with Crippen molar-refractivity contribution in [3.8, 4) is 0 Å². The van der Waals surface area contributed by atoms with Crippen LogP contribution in [0.15, 0.2) is 24.3 Å². The van der Waals surface area contributed by atoms with Gasteiger partial charge in [0.15, 0.2) is 0 Å². The van der Waals surface area contributed by atoms with Crippen molar-refractivity contribution in [2.24, 2.45) is 0 Å². The van der Waals surface area contributed by atoms with Crippen LogP contribution in [0.3, 0.4) is 0 Å². The largest absolute Gasteiger partial charge is 0.316 e. The molecule has 0 saturated heterocycles. The third kappa shape index (κ3) is 2.54. The summed E-state index contributed by atoms with van der Waals surface area (Å²) in [6.07, 6.45) is 0. The van der Waals surface area contributed by atoms with E-state index in [1.54, 1.807) is 0 Å². The normalized spacial score (nSPS) is 12.9. The highest BCUT2D eigenvalue weighted by molar-refractivity contribution is 7.80. The number of hydrogen-bond acceptors (Lipinski definition) is 2. The first kappa shape index (κ1) is 9.62. The van der Waals surface area contributed by atoms with E-state index in [2.05, 4.69) is 49.1 Å². The van der Waals surface area contributed by atoms with Crippen molar-refractivity contribution in [3.63, 3.8) is 0 Å². The minimum atomic E-state index is 0.327. The van der Waals surface area contributed by atoms with Gasteiger partial charge >= 0.3 is 0 Å². The van der Waals surface area contributed by atoms with E-state index in [-0.39, 0.29) is 0 Å². The molecule has 0 aliphatic rings. The lowest BCUT2D eigenvalue weighted by Crippen LogP contribution is -2.04. The molecule has 1 rings (SSSR count). The van der Waals surface area contributed by atoms with E-state index in [1.807, 2.05) is 7.05 Å².